The number of amides is 2. The Morgan fingerprint density at radius 3 is 2.59 bits per heavy atom. The van der Waals surface area contributed by atoms with Gasteiger partial charge in [-0.1, -0.05) is 23.7 Å². The molecular formula is C15H14ClN3O3. The SMILES string of the molecule is CC(=O)Nc1ccccc1OCC(=O)Nc1cccnc1Cl. The van der Waals surface area contributed by atoms with Crippen molar-refractivity contribution < 1.29 is 14.3 Å². The predicted molar refractivity (Wildman–Crippen MR) is 84.1 cm³/mol. The molecular weight excluding hydrogens is 306 g/mol. The fourth-order valence-electron chi connectivity index (χ4n) is 1.69. The number of carbonyl (C=O) groups is 2. The predicted octanol–water partition coefficient (Wildman–Crippen LogP) is 2.71. The molecule has 0 aliphatic rings. The van der Waals surface area contributed by atoms with Crippen LogP contribution in [0.2, 0.25) is 5.15 Å². The van der Waals surface area contributed by atoms with Gasteiger partial charge in [0.15, 0.2) is 11.8 Å². The standard InChI is InChI=1S/C15H14ClN3O3/c1-10(20)18-11-5-2-3-7-13(11)22-9-14(21)19-12-6-4-8-17-15(12)16/h2-8H,9H2,1H3,(H,18,20)(H,19,21). The number of nitrogens with zero attached hydrogens (tertiary/aromatic N) is 1. The van der Waals surface area contributed by atoms with Gasteiger partial charge in [0.05, 0.1) is 11.4 Å². The van der Waals surface area contributed by atoms with Crippen molar-refractivity contribution in [2.45, 2.75) is 6.92 Å². The molecule has 2 N–H and O–H groups in total. The van der Waals surface area contributed by atoms with E-state index in [0.717, 1.165) is 0 Å². The zero-order chi connectivity index (χ0) is 15.9. The summed E-state index contributed by atoms with van der Waals surface area (Å²) in [5.41, 5.74) is 0.912. The van der Waals surface area contributed by atoms with Crippen molar-refractivity contribution in [2.75, 3.05) is 17.2 Å². The molecule has 0 aliphatic carbocycles. The van der Waals surface area contributed by atoms with Crippen molar-refractivity contribution in [2.24, 2.45) is 0 Å². The maximum atomic E-state index is 11.9. The van der Waals surface area contributed by atoms with Gasteiger partial charge in [-0.3, -0.25) is 9.59 Å². The van der Waals surface area contributed by atoms with Crippen molar-refractivity contribution >= 4 is 34.8 Å². The van der Waals surface area contributed by atoms with E-state index in [2.05, 4.69) is 15.6 Å². The number of benzene rings is 1. The number of hydrogen-bond acceptors (Lipinski definition) is 4. The first-order chi connectivity index (χ1) is 10.6. The Morgan fingerprint density at radius 2 is 1.86 bits per heavy atom. The van der Waals surface area contributed by atoms with E-state index in [1.807, 2.05) is 0 Å². The molecule has 114 valence electrons. The molecule has 22 heavy (non-hydrogen) atoms. The van der Waals surface area contributed by atoms with Gasteiger partial charge in [-0.25, -0.2) is 4.98 Å². The Balaban J connectivity index is 1.97. The number of anilines is 2. The van der Waals surface area contributed by atoms with Gasteiger partial charge in [0.25, 0.3) is 5.91 Å². The second-order valence-corrected chi connectivity index (χ2v) is 4.71. The number of nitrogens with one attached hydrogen (secondary N) is 2. The van der Waals surface area contributed by atoms with E-state index < -0.39 is 0 Å². The summed E-state index contributed by atoms with van der Waals surface area (Å²) in [6.45, 7) is 1.18. The molecule has 0 saturated heterocycles. The molecule has 0 aliphatic heterocycles. The highest BCUT2D eigenvalue weighted by Gasteiger charge is 2.09. The topological polar surface area (TPSA) is 80.3 Å². The summed E-state index contributed by atoms with van der Waals surface area (Å²) in [6.07, 6.45) is 1.53. The Kier molecular flexibility index (Phi) is 5.32. The number of para-hydroxylation sites is 2. The fourth-order valence-corrected chi connectivity index (χ4v) is 1.86. The Bertz CT molecular complexity index is 691. The van der Waals surface area contributed by atoms with Gasteiger partial charge < -0.3 is 15.4 Å². The summed E-state index contributed by atoms with van der Waals surface area (Å²) in [5.74, 6) is -0.194. The average Bonchev–Trinajstić information content (AvgIpc) is 2.48. The quantitative estimate of drug-likeness (QED) is 0.830. The summed E-state index contributed by atoms with van der Waals surface area (Å²) in [6, 6.07) is 10.2. The van der Waals surface area contributed by atoms with E-state index in [9.17, 15) is 9.59 Å². The van der Waals surface area contributed by atoms with E-state index >= 15 is 0 Å². The van der Waals surface area contributed by atoms with E-state index in [-0.39, 0.29) is 23.6 Å². The molecule has 2 amide bonds. The van der Waals surface area contributed by atoms with Crippen LogP contribution in [0.4, 0.5) is 11.4 Å². The fraction of sp³-hybridized carbons (Fsp3) is 0.133. The van der Waals surface area contributed by atoms with Crippen LogP contribution >= 0.6 is 11.6 Å². The Morgan fingerprint density at radius 1 is 1.14 bits per heavy atom. The molecule has 7 heteroatoms. The zero-order valence-electron chi connectivity index (χ0n) is 11.8. The molecule has 0 spiro atoms. The van der Waals surface area contributed by atoms with Crippen LogP contribution in [0.25, 0.3) is 0 Å². The molecule has 0 atom stereocenters. The van der Waals surface area contributed by atoms with Crippen molar-refractivity contribution in [1.29, 1.82) is 0 Å². The van der Waals surface area contributed by atoms with E-state index in [1.165, 1.54) is 13.1 Å². The van der Waals surface area contributed by atoms with Gasteiger partial charge in [0, 0.05) is 13.1 Å². The summed E-state index contributed by atoms with van der Waals surface area (Å²) in [5, 5.41) is 5.43. The van der Waals surface area contributed by atoms with E-state index in [0.29, 0.717) is 17.1 Å². The lowest BCUT2D eigenvalue weighted by molar-refractivity contribution is -0.118. The minimum absolute atomic E-state index is 0.203. The first-order valence-electron chi connectivity index (χ1n) is 6.46. The maximum absolute atomic E-state index is 11.9. The number of pyridine rings is 1. The number of aromatic nitrogens is 1. The van der Waals surface area contributed by atoms with Crippen molar-refractivity contribution in [3.63, 3.8) is 0 Å². The van der Waals surface area contributed by atoms with Crippen LogP contribution in [0.5, 0.6) is 5.75 Å². The number of carbonyl (C=O) groups excluding carboxylic acids is 2. The van der Waals surface area contributed by atoms with Crippen molar-refractivity contribution in [3.8, 4) is 5.75 Å². The van der Waals surface area contributed by atoms with Crippen molar-refractivity contribution in [1.82, 2.24) is 4.98 Å². The molecule has 0 radical (unpaired) electrons. The largest absolute Gasteiger partial charge is 0.482 e. The molecule has 1 aromatic heterocycles. The first kappa shape index (κ1) is 15.8. The average molecular weight is 320 g/mol. The minimum atomic E-state index is -0.382. The van der Waals surface area contributed by atoms with Crippen LogP contribution in [0.3, 0.4) is 0 Å². The van der Waals surface area contributed by atoms with Gasteiger partial charge in [-0.2, -0.15) is 0 Å². The number of hydrogen-bond donors (Lipinski definition) is 2. The summed E-state index contributed by atoms with van der Waals surface area (Å²) >= 11 is 5.85. The van der Waals surface area contributed by atoms with Gasteiger partial charge in [0.2, 0.25) is 5.91 Å². The monoisotopic (exact) mass is 319 g/mol. The maximum Gasteiger partial charge on any atom is 0.262 e. The third-order valence-electron chi connectivity index (χ3n) is 2.59. The summed E-state index contributed by atoms with van der Waals surface area (Å²) in [7, 11) is 0. The van der Waals surface area contributed by atoms with Crippen LogP contribution in [-0.2, 0) is 9.59 Å². The Labute approximate surface area is 132 Å². The minimum Gasteiger partial charge on any atom is -0.482 e. The highest BCUT2D eigenvalue weighted by atomic mass is 35.5. The molecule has 2 rings (SSSR count). The lowest BCUT2D eigenvalue weighted by Gasteiger charge is -2.11. The summed E-state index contributed by atoms with van der Waals surface area (Å²) < 4.78 is 5.42. The highest BCUT2D eigenvalue weighted by Crippen LogP contribution is 2.23. The smallest absolute Gasteiger partial charge is 0.262 e. The second-order valence-electron chi connectivity index (χ2n) is 4.36. The molecule has 1 aromatic carbocycles. The third-order valence-corrected chi connectivity index (χ3v) is 2.89. The first-order valence-corrected chi connectivity index (χ1v) is 6.84. The van der Waals surface area contributed by atoms with Gasteiger partial charge in [-0.15, -0.1) is 0 Å². The van der Waals surface area contributed by atoms with Gasteiger partial charge >= 0.3 is 0 Å². The van der Waals surface area contributed by atoms with Crippen LogP contribution in [-0.4, -0.2) is 23.4 Å². The second kappa shape index (κ2) is 7.42. The van der Waals surface area contributed by atoms with Crippen LogP contribution < -0.4 is 15.4 Å². The molecule has 0 fully saturated rings. The van der Waals surface area contributed by atoms with Crippen LogP contribution in [0.15, 0.2) is 42.6 Å². The molecule has 6 nitrogen and oxygen atoms in total. The van der Waals surface area contributed by atoms with Crippen molar-refractivity contribution in [3.05, 3.63) is 47.7 Å². The number of rotatable bonds is 5. The zero-order valence-corrected chi connectivity index (χ0v) is 12.6. The Hall–Kier alpha value is -2.60. The van der Waals surface area contributed by atoms with Gasteiger partial charge in [-0.05, 0) is 24.3 Å². The van der Waals surface area contributed by atoms with Gasteiger partial charge in [0.1, 0.15) is 5.75 Å². The molecule has 0 bridgehead atoms. The molecule has 2 aromatic rings. The lowest BCUT2D eigenvalue weighted by atomic mass is 10.3. The lowest BCUT2D eigenvalue weighted by Crippen LogP contribution is -2.21. The molecule has 1 heterocycles. The highest BCUT2D eigenvalue weighted by molar-refractivity contribution is 6.32. The van der Waals surface area contributed by atoms with Crippen LogP contribution in [0.1, 0.15) is 6.92 Å². The van der Waals surface area contributed by atoms with E-state index in [1.54, 1.807) is 36.4 Å². The number of halogens is 1. The van der Waals surface area contributed by atoms with Crippen LogP contribution in [0, 0.1) is 0 Å². The molecule has 0 unspecified atom stereocenters. The van der Waals surface area contributed by atoms with E-state index in [4.69, 9.17) is 16.3 Å². The normalized spacial score (nSPS) is 9.91. The third kappa shape index (κ3) is 4.46. The summed E-state index contributed by atoms with van der Waals surface area (Å²) in [4.78, 5) is 26.8. The number of ether oxygens (including phenoxy) is 1. The molecule has 0 saturated carbocycles.